The Labute approximate surface area is 134 Å². The largest absolute Gasteiger partial charge is 0.465 e. The third kappa shape index (κ3) is 1.83. The smallest absolute Gasteiger partial charge is 0.322 e. The molecule has 1 heterocycles. The molecule has 5 heteroatoms. The van der Waals surface area contributed by atoms with E-state index in [9.17, 15) is 9.59 Å². The van der Waals surface area contributed by atoms with Crippen molar-refractivity contribution in [1.82, 2.24) is 0 Å². The van der Waals surface area contributed by atoms with Crippen molar-refractivity contribution >= 4 is 29.2 Å². The predicted molar refractivity (Wildman–Crippen MR) is 84.9 cm³/mol. The van der Waals surface area contributed by atoms with Gasteiger partial charge in [-0.25, -0.2) is 0 Å². The molecule has 1 N–H and O–H groups in total. The summed E-state index contributed by atoms with van der Waals surface area (Å²) in [4.78, 5) is 25.1. The molecule has 4 nitrogen and oxygen atoms in total. The molecule has 3 rings (SSSR count). The second kappa shape index (κ2) is 5.13. The molecule has 1 aromatic rings. The monoisotopic (exact) mass is 319 g/mol. The molecule has 0 aromatic heterocycles. The quantitative estimate of drug-likeness (QED) is 0.514. The lowest BCUT2D eigenvalue weighted by molar-refractivity contribution is -0.154. The molecular weight excluding hydrogens is 302 g/mol. The first kappa shape index (κ1) is 15.1. The Morgan fingerprint density at radius 2 is 2.32 bits per heavy atom. The van der Waals surface area contributed by atoms with Gasteiger partial charge >= 0.3 is 5.97 Å². The van der Waals surface area contributed by atoms with Gasteiger partial charge in [-0.2, -0.15) is 0 Å². The fraction of sp³-hybridized carbons (Fsp3) is 0.412. The highest BCUT2D eigenvalue weighted by molar-refractivity contribution is 6.31. The third-order valence-corrected chi connectivity index (χ3v) is 5.03. The molecular formula is C17H18ClNO3. The number of nitrogens with one attached hydrogen (secondary N) is 1. The fourth-order valence-corrected chi connectivity index (χ4v) is 3.85. The van der Waals surface area contributed by atoms with E-state index in [1.165, 1.54) is 0 Å². The van der Waals surface area contributed by atoms with Crippen LogP contribution in [0.25, 0.3) is 0 Å². The van der Waals surface area contributed by atoms with E-state index in [0.29, 0.717) is 17.9 Å². The van der Waals surface area contributed by atoms with E-state index in [1.807, 2.05) is 6.07 Å². The molecule has 22 heavy (non-hydrogen) atoms. The van der Waals surface area contributed by atoms with Gasteiger partial charge in [-0.05, 0) is 49.9 Å². The molecule has 1 aliphatic heterocycles. The van der Waals surface area contributed by atoms with Crippen LogP contribution in [-0.4, -0.2) is 18.5 Å². The van der Waals surface area contributed by atoms with Gasteiger partial charge in [0.25, 0.3) is 0 Å². The van der Waals surface area contributed by atoms with Gasteiger partial charge in [0.05, 0.1) is 6.61 Å². The molecule has 0 spiro atoms. The lowest BCUT2D eigenvalue weighted by Gasteiger charge is -2.31. The molecule has 0 saturated heterocycles. The average Bonchev–Trinajstić information content (AvgIpc) is 3.19. The van der Waals surface area contributed by atoms with Crippen LogP contribution in [0.3, 0.4) is 0 Å². The van der Waals surface area contributed by atoms with Crippen LogP contribution in [0.1, 0.15) is 31.7 Å². The minimum Gasteiger partial charge on any atom is -0.465 e. The highest BCUT2D eigenvalue weighted by Crippen LogP contribution is 2.71. The lowest BCUT2D eigenvalue weighted by atomic mass is 9.78. The Bertz CT molecular complexity index is 672. The van der Waals surface area contributed by atoms with Crippen molar-refractivity contribution in [3.63, 3.8) is 0 Å². The SMILES string of the molecule is C=CCCC12CC1(C(=O)OCC)C(=O)Nc1ccc(Cl)cc12. The second-order valence-electron chi connectivity index (χ2n) is 5.86. The molecule has 1 amide bonds. The van der Waals surface area contributed by atoms with Crippen LogP contribution in [0, 0.1) is 5.41 Å². The molecule has 1 aromatic carbocycles. The van der Waals surface area contributed by atoms with E-state index in [4.69, 9.17) is 16.3 Å². The van der Waals surface area contributed by atoms with Crippen LogP contribution in [0.2, 0.25) is 5.02 Å². The van der Waals surface area contributed by atoms with Gasteiger partial charge in [0.2, 0.25) is 5.91 Å². The zero-order valence-corrected chi connectivity index (χ0v) is 13.2. The summed E-state index contributed by atoms with van der Waals surface area (Å²) >= 11 is 6.13. The number of carbonyl (C=O) groups excluding carboxylic acids is 2. The highest BCUT2D eigenvalue weighted by Gasteiger charge is 2.79. The first-order valence-corrected chi connectivity index (χ1v) is 7.79. The van der Waals surface area contributed by atoms with Crippen LogP contribution in [-0.2, 0) is 19.7 Å². The Morgan fingerprint density at radius 3 is 3.00 bits per heavy atom. The van der Waals surface area contributed by atoms with Crippen molar-refractivity contribution in [3.05, 3.63) is 41.4 Å². The predicted octanol–water partition coefficient (Wildman–Crippen LogP) is 3.45. The summed E-state index contributed by atoms with van der Waals surface area (Å²) in [5, 5.41) is 3.43. The summed E-state index contributed by atoms with van der Waals surface area (Å²) < 4.78 is 5.19. The number of benzene rings is 1. The molecule has 2 atom stereocenters. The van der Waals surface area contributed by atoms with Gasteiger partial charge in [-0.1, -0.05) is 17.7 Å². The van der Waals surface area contributed by atoms with Crippen molar-refractivity contribution in [1.29, 1.82) is 0 Å². The van der Waals surface area contributed by atoms with Gasteiger partial charge in [0, 0.05) is 16.1 Å². The van der Waals surface area contributed by atoms with E-state index in [2.05, 4.69) is 11.9 Å². The molecule has 1 saturated carbocycles. The molecule has 2 unspecified atom stereocenters. The zero-order chi connectivity index (χ0) is 16.0. The van der Waals surface area contributed by atoms with Gasteiger partial charge in [-0.3, -0.25) is 9.59 Å². The molecule has 2 aliphatic rings. The summed E-state index contributed by atoms with van der Waals surface area (Å²) in [7, 11) is 0. The summed E-state index contributed by atoms with van der Waals surface area (Å²) in [5.41, 5.74) is 0.00470. The van der Waals surface area contributed by atoms with E-state index in [-0.39, 0.29) is 12.5 Å². The Hall–Kier alpha value is -1.81. The van der Waals surface area contributed by atoms with Gasteiger partial charge < -0.3 is 10.1 Å². The first-order valence-electron chi connectivity index (χ1n) is 7.41. The first-order chi connectivity index (χ1) is 10.5. The van der Waals surface area contributed by atoms with Gasteiger partial charge in [0.15, 0.2) is 5.41 Å². The van der Waals surface area contributed by atoms with Gasteiger partial charge in [0.1, 0.15) is 0 Å². The number of carbonyl (C=O) groups is 2. The van der Waals surface area contributed by atoms with Gasteiger partial charge in [-0.15, -0.1) is 6.58 Å². The van der Waals surface area contributed by atoms with Crippen LogP contribution in [0.15, 0.2) is 30.9 Å². The number of hydrogen-bond acceptors (Lipinski definition) is 3. The summed E-state index contributed by atoms with van der Waals surface area (Å²) in [6.07, 6.45) is 3.67. The summed E-state index contributed by atoms with van der Waals surface area (Å²) in [5.74, 6) is -0.716. The number of fused-ring (bicyclic) bond motifs is 3. The number of halogens is 1. The topological polar surface area (TPSA) is 55.4 Å². The second-order valence-corrected chi connectivity index (χ2v) is 6.29. The number of allylic oxidation sites excluding steroid dienone is 1. The number of anilines is 1. The fourth-order valence-electron chi connectivity index (χ4n) is 3.68. The van der Waals surface area contributed by atoms with Crippen LogP contribution < -0.4 is 5.32 Å². The highest BCUT2D eigenvalue weighted by atomic mass is 35.5. The minimum absolute atomic E-state index is 0.258. The normalized spacial score (nSPS) is 28.2. The standard InChI is InChI=1S/C17H18ClNO3/c1-3-5-8-16-10-17(16,15(21)22-4-2)14(20)19-13-7-6-11(18)9-12(13)16/h3,6-7,9H,1,4-5,8,10H2,2H3,(H,19,20). The Balaban J connectivity index is 2.12. The van der Waals surface area contributed by atoms with Crippen LogP contribution >= 0.6 is 11.6 Å². The number of rotatable bonds is 5. The van der Waals surface area contributed by atoms with Crippen molar-refractivity contribution in [2.75, 3.05) is 11.9 Å². The van der Waals surface area contributed by atoms with Crippen LogP contribution in [0.4, 0.5) is 5.69 Å². The van der Waals surface area contributed by atoms with E-state index in [1.54, 1.807) is 25.1 Å². The molecule has 116 valence electrons. The molecule has 0 bridgehead atoms. The number of hydrogen-bond donors (Lipinski definition) is 1. The average molecular weight is 320 g/mol. The summed E-state index contributed by atoms with van der Waals surface area (Å²) in [6.45, 7) is 5.75. The van der Waals surface area contributed by atoms with Crippen molar-refractivity contribution in [2.45, 2.75) is 31.6 Å². The third-order valence-electron chi connectivity index (χ3n) is 4.79. The lowest BCUT2D eigenvalue weighted by Crippen LogP contribution is -2.43. The van der Waals surface area contributed by atoms with Crippen molar-refractivity contribution in [2.24, 2.45) is 5.41 Å². The molecule has 1 fully saturated rings. The number of esters is 1. The van der Waals surface area contributed by atoms with E-state index >= 15 is 0 Å². The maximum absolute atomic E-state index is 12.6. The Kier molecular flexibility index (Phi) is 3.52. The Morgan fingerprint density at radius 1 is 1.55 bits per heavy atom. The molecule has 0 radical (unpaired) electrons. The van der Waals surface area contributed by atoms with Crippen LogP contribution in [0.5, 0.6) is 0 Å². The summed E-state index contributed by atoms with van der Waals surface area (Å²) in [6, 6.07) is 5.38. The zero-order valence-electron chi connectivity index (χ0n) is 12.4. The van der Waals surface area contributed by atoms with Crippen molar-refractivity contribution < 1.29 is 14.3 Å². The minimum atomic E-state index is -1.12. The van der Waals surface area contributed by atoms with E-state index < -0.39 is 16.8 Å². The maximum Gasteiger partial charge on any atom is 0.322 e. The van der Waals surface area contributed by atoms with Crippen molar-refractivity contribution in [3.8, 4) is 0 Å². The number of amides is 1. The molecule has 1 aliphatic carbocycles. The number of ether oxygens (including phenoxy) is 1. The maximum atomic E-state index is 12.6. The van der Waals surface area contributed by atoms with E-state index in [0.717, 1.165) is 17.7 Å².